The van der Waals surface area contributed by atoms with E-state index >= 15 is 0 Å². The molecule has 0 spiro atoms. The first-order valence-electron chi connectivity index (χ1n) is 7.88. The number of pyridine rings is 2. The summed E-state index contributed by atoms with van der Waals surface area (Å²) in [6.07, 6.45) is 6.69. The van der Waals surface area contributed by atoms with Crippen molar-refractivity contribution < 1.29 is 9.59 Å². The maximum absolute atomic E-state index is 12.7. The Morgan fingerprint density at radius 3 is 2.46 bits per heavy atom. The summed E-state index contributed by atoms with van der Waals surface area (Å²) in [4.78, 5) is 36.8. The van der Waals surface area contributed by atoms with Crippen molar-refractivity contribution >= 4 is 11.8 Å². The second-order valence-corrected chi connectivity index (χ2v) is 6.18. The quantitative estimate of drug-likeness (QED) is 0.856. The largest absolute Gasteiger partial charge is 0.349 e. The zero-order valence-corrected chi connectivity index (χ0v) is 13.8. The number of nitrogens with zero attached hydrogens (tertiary/aromatic N) is 4. The standard InChI is InChI=1S/C18H20N4O2/c1-21(2)18(24)16-12-22(17(23)13-5-8-19-9-6-13)11-15(16)14-4-3-7-20-10-14/h3-10,15-16H,11-12H2,1-2H3/t15-,16+/m0/s1. The van der Waals surface area contributed by atoms with Crippen LogP contribution in [0.4, 0.5) is 0 Å². The van der Waals surface area contributed by atoms with Gasteiger partial charge < -0.3 is 9.80 Å². The molecule has 0 radical (unpaired) electrons. The number of hydrogen-bond donors (Lipinski definition) is 0. The summed E-state index contributed by atoms with van der Waals surface area (Å²) in [5.74, 6) is -0.330. The minimum atomic E-state index is -0.255. The highest BCUT2D eigenvalue weighted by Crippen LogP contribution is 2.34. The molecule has 3 heterocycles. The SMILES string of the molecule is CN(C)C(=O)[C@@H]1CN(C(=O)c2ccncc2)C[C@H]1c1cccnc1. The highest BCUT2D eigenvalue weighted by molar-refractivity contribution is 5.95. The minimum absolute atomic E-state index is 0.0360. The molecule has 2 amide bonds. The van der Waals surface area contributed by atoms with Crippen molar-refractivity contribution in [3.8, 4) is 0 Å². The highest BCUT2D eigenvalue weighted by atomic mass is 16.2. The number of hydrogen-bond acceptors (Lipinski definition) is 4. The van der Waals surface area contributed by atoms with Crippen LogP contribution in [-0.2, 0) is 4.79 Å². The number of aromatic nitrogens is 2. The molecule has 1 aliphatic rings. The molecular formula is C18H20N4O2. The van der Waals surface area contributed by atoms with Gasteiger partial charge in [0, 0.05) is 63.5 Å². The Labute approximate surface area is 141 Å². The van der Waals surface area contributed by atoms with Crippen LogP contribution in [0.25, 0.3) is 0 Å². The van der Waals surface area contributed by atoms with Gasteiger partial charge >= 0.3 is 0 Å². The van der Waals surface area contributed by atoms with Gasteiger partial charge in [-0.1, -0.05) is 6.07 Å². The fourth-order valence-electron chi connectivity index (χ4n) is 3.16. The lowest BCUT2D eigenvalue weighted by molar-refractivity contribution is -0.132. The zero-order valence-electron chi connectivity index (χ0n) is 13.8. The average molecular weight is 324 g/mol. The van der Waals surface area contributed by atoms with Crippen molar-refractivity contribution in [3.63, 3.8) is 0 Å². The van der Waals surface area contributed by atoms with Crippen molar-refractivity contribution in [1.29, 1.82) is 0 Å². The maximum atomic E-state index is 12.7. The van der Waals surface area contributed by atoms with Crippen LogP contribution in [0.15, 0.2) is 49.1 Å². The Bertz CT molecular complexity index is 718. The molecule has 1 aliphatic heterocycles. The Morgan fingerprint density at radius 1 is 1.08 bits per heavy atom. The molecule has 0 saturated carbocycles. The molecule has 124 valence electrons. The molecule has 0 unspecified atom stereocenters. The second kappa shape index (κ2) is 6.78. The van der Waals surface area contributed by atoms with Gasteiger partial charge in [0.2, 0.25) is 5.91 Å². The van der Waals surface area contributed by atoms with Crippen LogP contribution in [0.3, 0.4) is 0 Å². The van der Waals surface area contributed by atoms with Crippen LogP contribution in [0.5, 0.6) is 0 Å². The molecule has 3 rings (SSSR count). The van der Waals surface area contributed by atoms with E-state index in [1.807, 2.05) is 12.1 Å². The van der Waals surface area contributed by atoms with Gasteiger partial charge in [0.1, 0.15) is 0 Å². The van der Waals surface area contributed by atoms with E-state index in [2.05, 4.69) is 9.97 Å². The Hall–Kier alpha value is -2.76. The number of carbonyl (C=O) groups is 2. The van der Waals surface area contributed by atoms with Gasteiger partial charge in [-0.2, -0.15) is 0 Å². The number of rotatable bonds is 3. The fraction of sp³-hybridized carbons (Fsp3) is 0.333. The normalized spacial score (nSPS) is 20.0. The lowest BCUT2D eigenvalue weighted by Gasteiger charge is -2.21. The summed E-state index contributed by atoms with van der Waals surface area (Å²) in [7, 11) is 3.49. The molecule has 1 fully saturated rings. The molecule has 6 nitrogen and oxygen atoms in total. The second-order valence-electron chi connectivity index (χ2n) is 6.18. The van der Waals surface area contributed by atoms with Crippen LogP contribution in [0.1, 0.15) is 21.8 Å². The molecule has 0 aliphatic carbocycles. The van der Waals surface area contributed by atoms with Gasteiger partial charge in [0.05, 0.1) is 5.92 Å². The van der Waals surface area contributed by atoms with E-state index in [4.69, 9.17) is 0 Å². The van der Waals surface area contributed by atoms with Crippen LogP contribution in [-0.4, -0.2) is 58.8 Å². The Balaban J connectivity index is 1.87. The van der Waals surface area contributed by atoms with E-state index in [0.717, 1.165) is 5.56 Å². The predicted molar refractivity (Wildman–Crippen MR) is 89.3 cm³/mol. The summed E-state index contributed by atoms with van der Waals surface area (Å²) in [6, 6.07) is 7.22. The third-order valence-corrected chi connectivity index (χ3v) is 4.40. The lowest BCUT2D eigenvalue weighted by Crippen LogP contribution is -2.34. The maximum Gasteiger partial charge on any atom is 0.254 e. The molecule has 2 aromatic heterocycles. The molecule has 0 N–H and O–H groups in total. The number of likely N-dealkylation sites (tertiary alicyclic amines) is 1. The molecule has 0 bridgehead atoms. The molecule has 1 saturated heterocycles. The Morgan fingerprint density at radius 2 is 1.83 bits per heavy atom. The molecule has 2 atom stereocenters. The summed E-state index contributed by atoms with van der Waals surface area (Å²) in [6.45, 7) is 0.925. The van der Waals surface area contributed by atoms with Crippen LogP contribution in [0.2, 0.25) is 0 Å². The van der Waals surface area contributed by atoms with Crippen LogP contribution < -0.4 is 0 Å². The average Bonchev–Trinajstić information content (AvgIpc) is 3.07. The van der Waals surface area contributed by atoms with Gasteiger partial charge in [-0.05, 0) is 23.8 Å². The van der Waals surface area contributed by atoms with Crippen molar-refractivity contribution in [2.24, 2.45) is 5.92 Å². The van der Waals surface area contributed by atoms with E-state index in [1.165, 1.54) is 0 Å². The van der Waals surface area contributed by atoms with Crippen LogP contribution >= 0.6 is 0 Å². The van der Waals surface area contributed by atoms with E-state index < -0.39 is 0 Å². The first-order chi connectivity index (χ1) is 11.6. The predicted octanol–water partition coefficient (Wildman–Crippen LogP) is 1.42. The van der Waals surface area contributed by atoms with E-state index in [-0.39, 0.29) is 23.7 Å². The summed E-state index contributed by atoms with van der Waals surface area (Å²) in [5, 5.41) is 0. The minimum Gasteiger partial charge on any atom is -0.349 e. The number of carbonyl (C=O) groups excluding carboxylic acids is 2. The van der Waals surface area contributed by atoms with Crippen molar-refractivity contribution in [2.75, 3.05) is 27.2 Å². The van der Waals surface area contributed by atoms with Crippen molar-refractivity contribution in [1.82, 2.24) is 19.8 Å². The third kappa shape index (κ3) is 3.13. The highest BCUT2D eigenvalue weighted by Gasteiger charge is 2.41. The smallest absolute Gasteiger partial charge is 0.254 e. The lowest BCUT2D eigenvalue weighted by atomic mass is 9.89. The fourth-order valence-corrected chi connectivity index (χ4v) is 3.16. The van der Waals surface area contributed by atoms with E-state index in [1.54, 1.807) is 60.8 Å². The number of amides is 2. The molecule has 0 aromatic carbocycles. The first-order valence-corrected chi connectivity index (χ1v) is 7.88. The van der Waals surface area contributed by atoms with E-state index in [0.29, 0.717) is 18.7 Å². The third-order valence-electron chi connectivity index (χ3n) is 4.40. The summed E-state index contributed by atoms with van der Waals surface area (Å²) >= 11 is 0. The molecule has 2 aromatic rings. The van der Waals surface area contributed by atoms with E-state index in [9.17, 15) is 9.59 Å². The van der Waals surface area contributed by atoms with Crippen molar-refractivity contribution in [2.45, 2.75) is 5.92 Å². The summed E-state index contributed by atoms with van der Waals surface area (Å²) in [5.41, 5.74) is 1.58. The van der Waals surface area contributed by atoms with Crippen LogP contribution in [0, 0.1) is 5.92 Å². The van der Waals surface area contributed by atoms with Gasteiger partial charge in [-0.3, -0.25) is 19.6 Å². The zero-order chi connectivity index (χ0) is 17.1. The first kappa shape index (κ1) is 16.1. The topological polar surface area (TPSA) is 66.4 Å². The molecular weight excluding hydrogens is 304 g/mol. The van der Waals surface area contributed by atoms with Gasteiger partial charge in [0.15, 0.2) is 0 Å². The van der Waals surface area contributed by atoms with Gasteiger partial charge in [-0.15, -0.1) is 0 Å². The monoisotopic (exact) mass is 324 g/mol. The molecule has 6 heteroatoms. The Kier molecular flexibility index (Phi) is 4.55. The van der Waals surface area contributed by atoms with Gasteiger partial charge in [0.25, 0.3) is 5.91 Å². The van der Waals surface area contributed by atoms with Crippen molar-refractivity contribution in [3.05, 3.63) is 60.2 Å². The molecule has 24 heavy (non-hydrogen) atoms. The van der Waals surface area contributed by atoms with Gasteiger partial charge in [-0.25, -0.2) is 0 Å². The summed E-state index contributed by atoms with van der Waals surface area (Å²) < 4.78 is 0.